The van der Waals surface area contributed by atoms with E-state index in [1.165, 1.54) is 19.6 Å². The van der Waals surface area contributed by atoms with Crippen LogP contribution in [-0.4, -0.2) is 26.5 Å². The van der Waals surface area contributed by atoms with Gasteiger partial charge in [-0.15, -0.1) is 0 Å². The van der Waals surface area contributed by atoms with Gasteiger partial charge in [-0.3, -0.25) is 4.79 Å². The highest BCUT2D eigenvalue weighted by Crippen LogP contribution is 2.64. The third kappa shape index (κ3) is 2.32. The van der Waals surface area contributed by atoms with Crippen molar-refractivity contribution in [2.24, 2.45) is 5.41 Å². The molecule has 0 saturated heterocycles. The molecule has 0 spiro atoms. The van der Waals surface area contributed by atoms with Gasteiger partial charge in [0.25, 0.3) is 5.41 Å². The largest absolute Gasteiger partial charge is 0.545 e. The number of hydrogen-bond acceptors (Lipinski definition) is 2. The van der Waals surface area contributed by atoms with Crippen molar-refractivity contribution in [3.63, 3.8) is 0 Å². The van der Waals surface area contributed by atoms with Gasteiger partial charge in [0.05, 0.1) is 0 Å². The van der Waals surface area contributed by atoms with Gasteiger partial charge in [-0.1, -0.05) is 0 Å². The first kappa shape index (κ1) is 16.5. The molecule has 2 nitrogen and oxygen atoms in total. The lowest BCUT2D eigenvalue weighted by Crippen LogP contribution is -2.63. The molecule has 0 radical (unpaired) electrons. The van der Waals surface area contributed by atoms with Crippen LogP contribution in [-0.2, 0) is 9.22 Å². The molecule has 110 valence electrons. The molecule has 0 amide bonds. The summed E-state index contributed by atoms with van der Waals surface area (Å²) in [6, 6.07) is 0. The fraction of sp³-hybridized carbons (Fsp3) is 0.667. The van der Waals surface area contributed by atoms with Crippen LogP contribution >= 0.6 is 15.9 Å². The molecular weight excluding hydrogens is 362 g/mol. The first-order chi connectivity index (χ1) is 8.16. The van der Waals surface area contributed by atoms with Gasteiger partial charge in [0.2, 0.25) is 14.1 Å². The fourth-order valence-electron chi connectivity index (χ4n) is 1.58. The molecule has 0 atom stereocenters. The van der Waals surface area contributed by atoms with Gasteiger partial charge < -0.3 is 4.43 Å². The lowest BCUT2D eigenvalue weighted by Gasteiger charge is -2.45. The SMILES string of the molecule is C[Si](C)(C)OC1=C(Br)C(=O)C1(C(F)(F)F)C(F)(F)F. The zero-order chi connectivity index (χ0) is 15.4. The number of carbonyl (C=O) groups is 1. The highest BCUT2D eigenvalue weighted by atomic mass is 79.9. The fourth-order valence-corrected chi connectivity index (χ4v) is 3.27. The van der Waals surface area contributed by atoms with Crippen LogP contribution in [0.1, 0.15) is 0 Å². The Labute approximate surface area is 114 Å². The Balaban J connectivity index is 3.48. The summed E-state index contributed by atoms with van der Waals surface area (Å²) in [6.07, 6.45) is -11.6. The van der Waals surface area contributed by atoms with Crippen LogP contribution in [0.5, 0.6) is 0 Å². The normalized spacial score (nSPS) is 20.4. The number of alkyl halides is 6. The minimum Gasteiger partial charge on any atom is -0.545 e. The molecule has 0 fully saturated rings. The number of allylic oxidation sites excluding steroid dienone is 2. The minimum absolute atomic E-state index is 0.801. The van der Waals surface area contributed by atoms with Crippen molar-refractivity contribution < 1.29 is 35.6 Å². The molecule has 1 aliphatic carbocycles. The summed E-state index contributed by atoms with van der Waals surface area (Å²) < 4.78 is 81.1. The summed E-state index contributed by atoms with van der Waals surface area (Å²) in [5, 5.41) is 0. The maximum Gasteiger partial charge on any atom is 0.417 e. The van der Waals surface area contributed by atoms with Gasteiger partial charge in [-0.2, -0.15) is 26.3 Å². The van der Waals surface area contributed by atoms with E-state index in [9.17, 15) is 31.1 Å². The van der Waals surface area contributed by atoms with Gasteiger partial charge in [0, 0.05) is 0 Å². The number of Topliss-reactive ketones (excluding diaryl/α,β-unsaturated/α-hetero) is 1. The molecule has 0 unspecified atom stereocenters. The van der Waals surface area contributed by atoms with Crippen LogP contribution in [0.3, 0.4) is 0 Å². The van der Waals surface area contributed by atoms with Crippen LogP contribution in [0.4, 0.5) is 26.3 Å². The van der Waals surface area contributed by atoms with Gasteiger partial charge in [-0.25, -0.2) is 0 Å². The summed E-state index contributed by atoms with van der Waals surface area (Å²) in [5.41, 5.74) is -4.54. The quantitative estimate of drug-likeness (QED) is 0.539. The summed E-state index contributed by atoms with van der Waals surface area (Å²) >= 11 is 2.43. The van der Waals surface area contributed by atoms with Gasteiger partial charge in [-0.05, 0) is 35.6 Å². The molecule has 10 heteroatoms. The molecule has 0 heterocycles. The second-order valence-electron chi connectivity index (χ2n) is 4.93. The zero-order valence-corrected chi connectivity index (χ0v) is 12.5. The molecule has 0 aliphatic heterocycles. The van der Waals surface area contributed by atoms with Crippen LogP contribution in [0, 0.1) is 5.41 Å². The number of carbonyl (C=O) groups excluding carboxylic acids is 1. The highest BCUT2D eigenvalue weighted by molar-refractivity contribution is 9.12. The summed E-state index contributed by atoms with van der Waals surface area (Å²) in [7, 11) is -2.75. The van der Waals surface area contributed by atoms with Crippen LogP contribution in [0.2, 0.25) is 19.6 Å². The van der Waals surface area contributed by atoms with Crippen molar-refractivity contribution in [2.75, 3.05) is 0 Å². The topological polar surface area (TPSA) is 26.3 Å². The van der Waals surface area contributed by atoms with Gasteiger partial charge in [0.15, 0.2) is 0 Å². The van der Waals surface area contributed by atoms with E-state index in [2.05, 4.69) is 15.9 Å². The Morgan fingerprint density at radius 1 is 1.05 bits per heavy atom. The third-order valence-corrected chi connectivity index (χ3v) is 3.88. The van der Waals surface area contributed by atoms with Crippen molar-refractivity contribution in [1.82, 2.24) is 0 Å². The Kier molecular flexibility index (Phi) is 3.69. The summed E-state index contributed by atoms with van der Waals surface area (Å²) in [6.45, 7) is 4.25. The first-order valence-corrected chi connectivity index (χ1v) is 9.14. The summed E-state index contributed by atoms with van der Waals surface area (Å²) in [4.78, 5) is 11.3. The second-order valence-corrected chi connectivity index (χ2v) is 10.2. The first-order valence-electron chi connectivity index (χ1n) is 4.94. The monoisotopic (exact) mass is 370 g/mol. The Bertz CT molecular complexity index is 431. The lowest BCUT2D eigenvalue weighted by atomic mass is 9.71. The maximum absolute atomic E-state index is 12.8. The van der Waals surface area contributed by atoms with Crippen molar-refractivity contribution in [3.05, 3.63) is 10.2 Å². The minimum atomic E-state index is -5.80. The Morgan fingerprint density at radius 3 is 1.68 bits per heavy atom. The van der Waals surface area contributed by atoms with Crippen LogP contribution in [0.25, 0.3) is 0 Å². The van der Waals surface area contributed by atoms with E-state index in [-0.39, 0.29) is 0 Å². The molecule has 0 aromatic carbocycles. The van der Waals surface area contributed by atoms with E-state index in [1.807, 2.05) is 0 Å². The Hall–Kier alpha value is -0.513. The van der Waals surface area contributed by atoms with Gasteiger partial charge in [0.1, 0.15) is 10.2 Å². The van der Waals surface area contributed by atoms with E-state index in [4.69, 9.17) is 4.43 Å². The lowest BCUT2D eigenvalue weighted by molar-refractivity contribution is -0.321. The molecule has 0 aromatic heterocycles. The number of hydrogen-bond donors (Lipinski definition) is 0. The predicted octanol–water partition coefficient (Wildman–Crippen LogP) is 4.14. The van der Waals surface area contributed by atoms with E-state index in [0.717, 1.165) is 0 Å². The molecule has 1 aliphatic rings. The number of ketones is 1. The summed E-state index contributed by atoms with van der Waals surface area (Å²) in [5.74, 6) is -3.45. The Morgan fingerprint density at radius 2 is 1.42 bits per heavy atom. The molecule has 0 N–H and O–H groups in total. The molecule has 0 bridgehead atoms. The molecule has 19 heavy (non-hydrogen) atoms. The van der Waals surface area contributed by atoms with Gasteiger partial charge >= 0.3 is 12.4 Å². The zero-order valence-electron chi connectivity index (χ0n) is 9.96. The van der Waals surface area contributed by atoms with Crippen molar-refractivity contribution in [1.29, 1.82) is 0 Å². The second kappa shape index (κ2) is 4.24. The van der Waals surface area contributed by atoms with Crippen molar-refractivity contribution in [3.8, 4) is 0 Å². The van der Waals surface area contributed by atoms with E-state index >= 15 is 0 Å². The van der Waals surface area contributed by atoms with E-state index in [0.29, 0.717) is 0 Å². The van der Waals surface area contributed by atoms with Crippen LogP contribution in [0.15, 0.2) is 10.2 Å². The van der Waals surface area contributed by atoms with Crippen molar-refractivity contribution >= 4 is 30.0 Å². The number of halogens is 7. The molecule has 0 aromatic rings. The molecule has 1 rings (SSSR count). The highest BCUT2D eigenvalue weighted by Gasteiger charge is 2.83. The number of rotatable bonds is 2. The van der Waals surface area contributed by atoms with Crippen LogP contribution < -0.4 is 0 Å². The third-order valence-electron chi connectivity index (χ3n) is 2.34. The van der Waals surface area contributed by atoms with E-state index in [1.54, 1.807) is 0 Å². The van der Waals surface area contributed by atoms with Crippen molar-refractivity contribution in [2.45, 2.75) is 32.0 Å². The average Bonchev–Trinajstić information content (AvgIpc) is 2.10. The molecular formula is C9H9BrF6O2Si. The standard InChI is InChI=1S/C9H9BrF6O2Si/c1-19(2,3)18-6-4(10)5(17)7(6,8(11,12)13)9(14,15)16/h1-3H3. The predicted molar refractivity (Wildman–Crippen MR) is 59.9 cm³/mol. The molecule has 0 saturated carbocycles. The smallest absolute Gasteiger partial charge is 0.417 e. The van der Waals surface area contributed by atoms with E-state index < -0.39 is 42.1 Å². The maximum atomic E-state index is 12.8. The average molecular weight is 371 g/mol.